The van der Waals surface area contributed by atoms with Crippen molar-refractivity contribution in [2.45, 2.75) is 33.1 Å². The predicted octanol–water partition coefficient (Wildman–Crippen LogP) is 2.02. The zero-order valence-corrected chi connectivity index (χ0v) is 12.3. The van der Waals surface area contributed by atoms with Gasteiger partial charge in [-0.2, -0.15) is 0 Å². The Morgan fingerprint density at radius 2 is 1.62 bits per heavy atom. The van der Waals surface area contributed by atoms with E-state index in [1.54, 1.807) is 0 Å². The molecule has 5 nitrogen and oxygen atoms in total. The SMILES string of the molecule is CC[C@H](C)C1(CCc2ccccc2)C(=O)NC(=O)NC1=O. The average molecular weight is 288 g/mol. The molecule has 1 aliphatic heterocycles. The van der Waals surface area contributed by atoms with Crippen LogP contribution in [0.3, 0.4) is 0 Å². The minimum Gasteiger partial charge on any atom is -0.277 e. The number of carbonyl (C=O) groups excluding carboxylic acids is 3. The highest BCUT2D eigenvalue weighted by molar-refractivity contribution is 6.19. The summed E-state index contributed by atoms with van der Waals surface area (Å²) in [6.45, 7) is 3.81. The fourth-order valence-corrected chi connectivity index (χ4v) is 2.82. The molecule has 0 spiro atoms. The molecular weight excluding hydrogens is 268 g/mol. The van der Waals surface area contributed by atoms with E-state index >= 15 is 0 Å². The number of barbiturate groups is 1. The summed E-state index contributed by atoms with van der Waals surface area (Å²) < 4.78 is 0. The van der Waals surface area contributed by atoms with Crippen molar-refractivity contribution in [3.05, 3.63) is 35.9 Å². The molecule has 21 heavy (non-hydrogen) atoms. The van der Waals surface area contributed by atoms with Crippen LogP contribution in [0.1, 0.15) is 32.3 Å². The van der Waals surface area contributed by atoms with Crippen LogP contribution in [0.2, 0.25) is 0 Å². The van der Waals surface area contributed by atoms with Crippen LogP contribution in [0, 0.1) is 11.3 Å². The summed E-state index contributed by atoms with van der Waals surface area (Å²) in [6, 6.07) is 8.98. The molecule has 112 valence electrons. The summed E-state index contributed by atoms with van der Waals surface area (Å²) in [5, 5.41) is 4.48. The minimum absolute atomic E-state index is 0.144. The number of carbonyl (C=O) groups is 3. The van der Waals surface area contributed by atoms with Crippen molar-refractivity contribution < 1.29 is 14.4 Å². The summed E-state index contributed by atoms with van der Waals surface area (Å²) in [6.07, 6.45) is 1.68. The zero-order valence-electron chi connectivity index (χ0n) is 12.3. The summed E-state index contributed by atoms with van der Waals surface area (Å²) >= 11 is 0. The highest BCUT2D eigenvalue weighted by Gasteiger charge is 2.52. The predicted molar refractivity (Wildman–Crippen MR) is 78.3 cm³/mol. The Morgan fingerprint density at radius 1 is 1.05 bits per heavy atom. The molecule has 0 aromatic heterocycles. The molecule has 0 radical (unpaired) electrons. The molecule has 1 saturated heterocycles. The van der Waals surface area contributed by atoms with Gasteiger partial charge in [-0.15, -0.1) is 0 Å². The van der Waals surface area contributed by atoms with E-state index in [1.165, 1.54) is 0 Å². The third kappa shape index (κ3) is 2.82. The van der Waals surface area contributed by atoms with Crippen LogP contribution >= 0.6 is 0 Å². The van der Waals surface area contributed by atoms with Crippen LogP contribution in [0.4, 0.5) is 4.79 Å². The maximum Gasteiger partial charge on any atom is 0.328 e. The Morgan fingerprint density at radius 3 is 2.14 bits per heavy atom. The van der Waals surface area contributed by atoms with Gasteiger partial charge in [-0.25, -0.2) is 4.79 Å². The largest absolute Gasteiger partial charge is 0.328 e. The van der Waals surface area contributed by atoms with E-state index in [0.717, 1.165) is 5.56 Å². The normalized spacial score (nSPS) is 18.9. The van der Waals surface area contributed by atoms with Crippen molar-refractivity contribution >= 4 is 17.8 Å². The van der Waals surface area contributed by atoms with Crippen molar-refractivity contribution in [3.63, 3.8) is 0 Å². The lowest BCUT2D eigenvalue weighted by atomic mass is 9.69. The molecule has 1 fully saturated rings. The molecule has 1 aromatic carbocycles. The second-order valence-corrected chi connectivity index (χ2v) is 5.50. The Balaban J connectivity index is 2.27. The molecule has 2 rings (SSSR count). The second-order valence-electron chi connectivity index (χ2n) is 5.50. The molecule has 4 amide bonds. The van der Waals surface area contributed by atoms with Crippen LogP contribution in [0.5, 0.6) is 0 Å². The van der Waals surface area contributed by atoms with Gasteiger partial charge in [0.25, 0.3) is 0 Å². The van der Waals surface area contributed by atoms with E-state index in [0.29, 0.717) is 19.3 Å². The maximum atomic E-state index is 12.4. The number of amides is 4. The van der Waals surface area contributed by atoms with Crippen LogP contribution in [-0.2, 0) is 16.0 Å². The summed E-state index contributed by atoms with van der Waals surface area (Å²) in [4.78, 5) is 36.0. The zero-order chi connectivity index (χ0) is 15.5. The van der Waals surface area contributed by atoms with Crippen LogP contribution in [-0.4, -0.2) is 17.8 Å². The highest BCUT2D eigenvalue weighted by Crippen LogP contribution is 2.37. The quantitative estimate of drug-likeness (QED) is 0.814. The van der Waals surface area contributed by atoms with Crippen molar-refractivity contribution in [2.75, 3.05) is 0 Å². The topological polar surface area (TPSA) is 75.3 Å². The Hall–Kier alpha value is -2.17. The van der Waals surface area contributed by atoms with E-state index in [1.807, 2.05) is 44.2 Å². The lowest BCUT2D eigenvalue weighted by Gasteiger charge is -2.38. The van der Waals surface area contributed by atoms with Gasteiger partial charge < -0.3 is 0 Å². The number of hydrogen-bond acceptors (Lipinski definition) is 3. The molecule has 0 bridgehead atoms. The number of nitrogens with one attached hydrogen (secondary N) is 2. The van der Waals surface area contributed by atoms with Gasteiger partial charge in [0.2, 0.25) is 11.8 Å². The first-order chi connectivity index (χ1) is 10.0. The maximum absolute atomic E-state index is 12.4. The van der Waals surface area contributed by atoms with Gasteiger partial charge in [-0.3, -0.25) is 20.2 Å². The van der Waals surface area contributed by atoms with E-state index in [-0.39, 0.29) is 5.92 Å². The van der Waals surface area contributed by atoms with Crippen molar-refractivity contribution in [3.8, 4) is 0 Å². The summed E-state index contributed by atoms with van der Waals surface area (Å²) in [5.41, 5.74) is -0.115. The smallest absolute Gasteiger partial charge is 0.277 e. The number of hydrogen-bond donors (Lipinski definition) is 2. The molecule has 1 aliphatic rings. The molecular formula is C16H20N2O3. The van der Waals surface area contributed by atoms with Gasteiger partial charge in [0, 0.05) is 0 Å². The number of rotatable bonds is 5. The Kier molecular flexibility index (Phi) is 4.40. The number of urea groups is 1. The number of benzene rings is 1. The van der Waals surface area contributed by atoms with Gasteiger partial charge in [0.1, 0.15) is 5.41 Å². The fourth-order valence-electron chi connectivity index (χ4n) is 2.82. The number of aryl methyl sites for hydroxylation is 1. The second kappa shape index (κ2) is 6.08. The fraction of sp³-hybridized carbons (Fsp3) is 0.438. The Labute approximate surface area is 124 Å². The van der Waals surface area contributed by atoms with Crippen LogP contribution in [0.15, 0.2) is 30.3 Å². The number of imide groups is 2. The van der Waals surface area contributed by atoms with E-state index in [2.05, 4.69) is 10.6 Å². The lowest BCUT2D eigenvalue weighted by molar-refractivity contribution is -0.148. The van der Waals surface area contributed by atoms with E-state index in [4.69, 9.17) is 0 Å². The van der Waals surface area contributed by atoms with Gasteiger partial charge in [-0.1, -0.05) is 50.6 Å². The third-order valence-corrected chi connectivity index (χ3v) is 4.37. The molecule has 1 aromatic rings. The molecule has 0 aliphatic carbocycles. The average Bonchev–Trinajstić information content (AvgIpc) is 2.47. The van der Waals surface area contributed by atoms with Gasteiger partial charge in [0.05, 0.1) is 0 Å². The molecule has 0 unspecified atom stereocenters. The highest BCUT2D eigenvalue weighted by atomic mass is 16.2. The van der Waals surface area contributed by atoms with E-state index < -0.39 is 23.3 Å². The van der Waals surface area contributed by atoms with Crippen molar-refractivity contribution in [2.24, 2.45) is 11.3 Å². The summed E-state index contributed by atoms with van der Waals surface area (Å²) in [7, 11) is 0. The standard InChI is InChI=1S/C16H20N2O3/c1-3-11(2)16(10-9-12-7-5-4-6-8-12)13(19)17-15(21)18-14(16)20/h4-8,11H,3,9-10H2,1-2H3,(H2,17,18,19,20,21)/t11-/m0/s1. The third-order valence-electron chi connectivity index (χ3n) is 4.37. The van der Waals surface area contributed by atoms with Crippen LogP contribution < -0.4 is 10.6 Å². The van der Waals surface area contributed by atoms with Crippen molar-refractivity contribution in [1.29, 1.82) is 0 Å². The molecule has 2 N–H and O–H groups in total. The molecule has 5 heteroatoms. The van der Waals surface area contributed by atoms with Gasteiger partial charge in [0.15, 0.2) is 0 Å². The van der Waals surface area contributed by atoms with E-state index in [9.17, 15) is 14.4 Å². The summed E-state index contributed by atoms with van der Waals surface area (Å²) in [5.74, 6) is -1.11. The lowest BCUT2D eigenvalue weighted by Crippen LogP contribution is -2.64. The van der Waals surface area contributed by atoms with Crippen molar-refractivity contribution in [1.82, 2.24) is 10.6 Å². The monoisotopic (exact) mass is 288 g/mol. The first kappa shape index (κ1) is 15.2. The first-order valence-electron chi connectivity index (χ1n) is 7.21. The first-order valence-corrected chi connectivity index (χ1v) is 7.21. The molecule has 1 atom stereocenters. The van der Waals surface area contributed by atoms with Gasteiger partial charge >= 0.3 is 6.03 Å². The van der Waals surface area contributed by atoms with Crippen LogP contribution in [0.25, 0.3) is 0 Å². The van der Waals surface area contributed by atoms with Gasteiger partial charge in [-0.05, 0) is 24.3 Å². The Bertz CT molecular complexity index is 534. The molecule has 1 heterocycles. The minimum atomic E-state index is -1.18. The molecule has 0 saturated carbocycles.